The van der Waals surface area contributed by atoms with E-state index in [9.17, 15) is 9.32 Å². The highest BCUT2D eigenvalue weighted by atomic mass is 32.2. The molecule has 0 aromatic heterocycles. The molecule has 1 saturated heterocycles. The predicted molar refractivity (Wildman–Crippen MR) is 66.9 cm³/mol. The summed E-state index contributed by atoms with van der Waals surface area (Å²) < 4.78 is 11.2. The zero-order chi connectivity index (χ0) is 11.4. The number of anilines is 1. The van der Waals surface area contributed by atoms with Crippen LogP contribution in [0.25, 0.3) is 0 Å². The average molecular weight is 239 g/mol. The molecule has 0 spiro atoms. The summed E-state index contributed by atoms with van der Waals surface area (Å²) in [4.78, 5) is 0. The third-order valence-corrected chi connectivity index (χ3v) is 4.32. The van der Waals surface area contributed by atoms with E-state index in [1.54, 1.807) is 0 Å². The summed E-state index contributed by atoms with van der Waals surface area (Å²) in [5.74, 6) is 1.58. The van der Waals surface area contributed by atoms with E-state index in [1.807, 2.05) is 24.3 Å². The highest BCUT2D eigenvalue weighted by Gasteiger charge is 2.17. The van der Waals surface area contributed by atoms with E-state index in [0.717, 1.165) is 35.6 Å². The molecule has 1 aromatic carbocycles. The van der Waals surface area contributed by atoms with Crippen LogP contribution < -0.4 is 5.32 Å². The minimum absolute atomic E-state index is 0.0574. The Morgan fingerprint density at radius 2 is 2.00 bits per heavy atom. The molecule has 0 unspecified atom stereocenters. The van der Waals surface area contributed by atoms with E-state index >= 15 is 0 Å². The summed E-state index contributed by atoms with van der Waals surface area (Å²) in [6.45, 7) is 0.0574. The van der Waals surface area contributed by atoms with Crippen LogP contribution in [-0.4, -0.2) is 26.9 Å². The van der Waals surface area contributed by atoms with Gasteiger partial charge in [-0.3, -0.25) is 4.21 Å². The Labute approximate surface area is 98.3 Å². The van der Waals surface area contributed by atoms with Crippen LogP contribution in [0.2, 0.25) is 0 Å². The fourth-order valence-corrected chi connectivity index (χ4v) is 3.26. The predicted octanol–water partition coefficient (Wildman–Crippen LogP) is 1.50. The maximum absolute atomic E-state index is 11.2. The van der Waals surface area contributed by atoms with E-state index in [2.05, 4.69) is 5.32 Å². The van der Waals surface area contributed by atoms with Crippen molar-refractivity contribution in [2.45, 2.75) is 25.5 Å². The molecule has 16 heavy (non-hydrogen) atoms. The van der Waals surface area contributed by atoms with E-state index in [-0.39, 0.29) is 6.61 Å². The molecule has 1 fully saturated rings. The van der Waals surface area contributed by atoms with Gasteiger partial charge in [0.1, 0.15) is 0 Å². The molecule has 1 aliphatic rings. The molecular weight excluding hydrogens is 222 g/mol. The van der Waals surface area contributed by atoms with Crippen LogP contribution in [0.15, 0.2) is 24.3 Å². The lowest BCUT2D eigenvalue weighted by atomic mass is 10.1. The minimum atomic E-state index is -0.615. The lowest BCUT2D eigenvalue weighted by Crippen LogP contribution is -2.29. The molecule has 4 heteroatoms. The second-order valence-corrected chi connectivity index (χ2v) is 5.78. The highest BCUT2D eigenvalue weighted by Crippen LogP contribution is 2.20. The van der Waals surface area contributed by atoms with Gasteiger partial charge >= 0.3 is 0 Å². The molecule has 1 aromatic rings. The van der Waals surface area contributed by atoms with Gasteiger partial charge in [-0.15, -0.1) is 0 Å². The third kappa shape index (κ3) is 2.83. The Hall–Kier alpha value is -0.870. The maximum Gasteiger partial charge on any atom is 0.0701 e. The van der Waals surface area contributed by atoms with E-state index in [0.29, 0.717) is 6.04 Å². The number of para-hydroxylation sites is 1. The second-order valence-electron chi connectivity index (χ2n) is 4.08. The lowest BCUT2D eigenvalue weighted by Gasteiger charge is -2.24. The Bertz CT molecular complexity index is 371. The summed E-state index contributed by atoms with van der Waals surface area (Å²) in [5.41, 5.74) is 1.93. The van der Waals surface area contributed by atoms with Crippen molar-refractivity contribution in [2.75, 3.05) is 16.8 Å². The Morgan fingerprint density at radius 3 is 2.69 bits per heavy atom. The first-order valence-corrected chi connectivity index (χ1v) is 7.08. The Balaban J connectivity index is 2.00. The van der Waals surface area contributed by atoms with Crippen LogP contribution in [0.4, 0.5) is 5.69 Å². The Kier molecular flexibility index (Phi) is 3.96. The summed E-state index contributed by atoms with van der Waals surface area (Å²) in [6, 6.07) is 8.18. The molecule has 0 atom stereocenters. The number of nitrogens with one attached hydrogen (secondary N) is 1. The summed E-state index contributed by atoms with van der Waals surface area (Å²) >= 11 is 0. The molecule has 0 aliphatic carbocycles. The third-order valence-electron chi connectivity index (χ3n) is 2.94. The smallest absolute Gasteiger partial charge is 0.0701 e. The summed E-state index contributed by atoms with van der Waals surface area (Å²) in [5, 5.41) is 12.6. The molecule has 88 valence electrons. The average Bonchev–Trinajstić information content (AvgIpc) is 2.33. The molecule has 0 amide bonds. The van der Waals surface area contributed by atoms with Gasteiger partial charge in [0.25, 0.3) is 0 Å². The van der Waals surface area contributed by atoms with Gasteiger partial charge in [-0.25, -0.2) is 0 Å². The van der Waals surface area contributed by atoms with Gasteiger partial charge in [0.15, 0.2) is 0 Å². The number of benzene rings is 1. The first-order chi connectivity index (χ1) is 7.79. The number of rotatable bonds is 3. The van der Waals surface area contributed by atoms with Crippen molar-refractivity contribution in [1.82, 2.24) is 0 Å². The fraction of sp³-hybridized carbons (Fsp3) is 0.500. The van der Waals surface area contributed by atoms with Gasteiger partial charge in [0.2, 0.25) is 0 Å². The largest absolute Gasteiger partial charge is 0.392 e. The number of aliphatic hydroxyl groups excluding tert-OH is 1. The fourth-order valence-electron chi connectivity index (χ4n) is 1.96. The van der Waals surface area contributed by atoms with Gasteiger partial charge in [-0.1, -0.05) is 18.2 Å². The van der Waals surface area contributed by atoms with Crippen LogP contribution in [0.1, 0.15) is 18.4 Å². The second kappa shape index (κ2) is 5.46. The highest BCUT2D eigenvalue weighted by molar-refractivity contribution is 7.85. The van der Waals surface area contributed by atoms with Crippen LogP contribution in [-0.2, 0) is 17.4 Å². The van der Waals surface area contributed by atoms with Crippen molar-refractivity contribution in [3.63, 3.8) is 0 Å². The van der Waals surface area contributed by atoms with Crippen LogP contribution >= 0.6 is 0 Å². The van der Waals surface area contributed by atoms with Gasteiger partial charge < -0.3 is 10.4 Å². The van der Waals surface area contributed by atoms with E-state index in [4.69, 9.17) is 0 Å². The Morgan fingerprint density at radius 1 is 1.31 bits per heavy atom. The standard InChI is InChI=1S/C12H17NO2S/c14-9-10-3-1-2-4-12(10)13-11-5-7-16(15)8-6-11/h1-4,11,13-14H,5-9H2. The van der Waals surface area contributed by atoms with E-state index < -0.39 is 10.8 Å². The zero-order valence-electron chi connectivity index (χ0n) is 9.19. The van der Waals surface area contributed by atoms with Crippen LogP contribution in [0.5, 0.6) is 0 Å². The summed E-state index contributed by atoms with van der Waals surface area (Å²) in [6.07, 6.45) is 1.90. The molecular formula is C12H17NO2S. The van der Waals surface area contributed by atoms with Crippen molar-refractivity contribution in [3.8, 4) is 0 Å². The number of aliphatic hydroxyl groups is 1. The number of hydrogen-bond donors (Lipinski definition) is 2. The lowest BCUT2D eigenvalue weighted by molar-refractivity contribution is 0.282. The molecule has 0 bridgehead atoms. The quantitative estimate of drug-likeness (QED) is 0.840. The van der Waals surface area contributed by atoms with E-state index in [1.165, 1.54) is 0 Å². The minimum Gasteiger partial charge on any atom is -0.392 e. The van der Waals surface area contributed by atoms with Crippen LogP contribution in [0, 0.1) is 0 Å². The van der Waals surface area contributed by atoms with Crippen molar-refractivity contribution in [2.24, 2.45) is 0 Å². The van der Waals surface area contributed by atoms with Gasteiger partial charge in [-0.05, 0) is 18.9 Å². The molecule has 3 nitrogen and oxygen atoms in total. The molecule has 1 aliphatic heterocycles. The normalized spacial score (nSPS) is 25.3. The van der Waals surface area contributed by atoms with Gasteiger partial charge in [0, 0.05) is 39.6 Å². The first kappa shape index (κ1) is 11.6. The number of hydrogen-bond acceptors (Lipinski definition) is 3. The van der Waals surface area contributed by atoms with Gasteiger partial charge in [-0.2, -0.15) is 0 Å². The van der Waals surface area contributed by atoms with Crippen molar-refractivity contribution in [1.29, 1.82) is 0 Å². The molecule has 0 saturated carbocycles. The monoisotopic (exact) mass is 239 g/mol. The van der Waals surface area contributed by atoms with Crippen LogP contribution in [0.3, 0.4) is 0 Å². The molecule has 1 heterocycles. The molecule has 0 radical (unpaired) electrons. The zero-order valence-corrected chi connectivity index (χ0v) is 10.0. The molecule has 2 rings (SSSR count). The summed E-state index contributed by atoms with van der Waals surface area (Å²) in [7, 11) is -0.615. The SMILES string of the molecule is O=S1CCC(Nc2ccccc2CO)CC1. The van der Waals surface area contributed by atoms with Crippen molar-refractivity contribution < 1.29 is 9.32 Å². The first-order valence-electron chi connectivity index (χ1n) is 5.60. The van der Waals surface area contributed by atoms with Crippen molar-refractivity contribution in [3.05, 3.63) is 29.8 Å². The topological polar surface area (TPSA) is 49.3 Å². The molecule has 2 N–H and O–H groups in total. The maximum atomic E-state index is 11.2. The van der Waals surface area contributed by atoms with Gasteiger partial charge in [0.05, 0.1) is 6.61 Å². The van der Waals surface area contributed by atoms with Crippen molar-refractivity contribution >= 4 is 16.5 Å².